The van der Waals surface area contributed by atoms with Crippen molar-refractivity contribution in [3.63, 3.8) is 0 Å². The summed E-state index contributed by atoms with van der Waals surface area (Å²) in [6.45, 7) is 0.663. The summed E-state index contributed by atoms with van der Waals surface area (Å²) in [5, 5.41) is 0. The number of ether oxygens (including phenoxy) is 1. The Bertz CT molecular complexity index is 424. The Hall–Kier alpha value is -1.09. The smallest absolute Gasteiger partial charge is 0.201 e. The number of benzene rings is 1. The molecular formula is C13H13BrO2. The van der Waals surface area contributed by atoms with E-state index in [1.807, 2.05) is 30.3 Å². The van der Waals surface area contributed by atoms with Gasteiger partial charge in [0.25, 0.3) is 0 Å². The second-order valence-corrected chi connectivity index (χ2v) is 4.70. The number of carbonyl (C=O) groups is 1. The normalized spacial score (nSPS) is 15.2. The predicted molar refractivity (Wildman–Crippen MR) is 66.1 cm³/mol. The van der Waals surface area contributed by atoms with Crippen LogP contribution in [0.15, 0.2) is 40.6 Å². The SMILES string of the molecule is O=C(Cc1cccc(Br)c1)C1=CCCCO1. The van der Waals surface area contributed by atoms with E-state index in [9.17, 15) is 4.79 Å². The Kier molecular flexibility index (Phi) is 3.78. The maximum Gasteiger partial charge on any atom is 0.201 e. The van der Waals surface area contributed by atoms with Crippen LogP contribution in [0, 0.1) is 0 Å². The first-order valence-corrected chi connectivity index (χ1v) is 6.15. The van der Waals surface area contributed by atoms with E-state index in [-0.39, 0.29) is 5.78 Å². The van der Waals surface area contributed by atoms with Gasteiger partial charge < -0.3 is 4.74 Å². The van der Waals surface area contributed by atoms with Gasteiger partial charge in [-0.1, -0.05) is 28.1 Å². The van der Waals surface area contributed by atoms with Crippen molar-refractivity contribution < 1.29 is 9.53 Å². The third kappa shape index (κ3) is 2.95. The zero-order chi connectivity index (χ0) is 11.4. The Morgan fingerprint density at radius 2 is 2.31 bits per heavy atom. The molecule has 0 atom stereocenters. The molecule has 1 aromatic rings. The van der Waals surface area contributed by atoms with Crippen LogP contribution < -0.4 is 0 Å². The molecule has 0 fully saturated rings. The van der Waals surface area contributed by atoms with Gasteiger partial charge in [-0.05, 0) is 36.6 Å². The summed E-state index contributed by atoms with van der Waals surface area (Å²) < 4.78 is 6.34. The summed E-state index contributed by atoms with van der Waals surface area (Å²) in [6, 6.07) is 7.79. The number of rotatable bonds is 3. The van der Waals surface area contributed by atoms with E-state index in [0.717, 1.165) is 22.9 Å². The van der Waals surface area contributed by atoms with Crippen LogP contribution in [-0.4, -0.2) is 12.4 Å². The molecule has 1 aliphatic heterocycles. The van der Waals surface area contributed by atoms with Crippen LogP contribution >= 0.6 is 15.9 Å². The van der Waals surface area contributed by atoms with E-state index >= 15 is 0 Å². The predicted octanol–water partition coefficient (Wildman–Crippen LogP) is 3.26. The van der Waals surface area contributed by atoms with Gasteiger partial charge in [-0.25, -0.2) is 0 Å². The lowest BCUT2D eigenvalue weighted by molar-refractivity contribution is -0.118. The maximum absolute atomic E-state index is 11.9. The molecule has 84 valence electrons. The number of Topliss-reactive ketones (excluding diaryl/α,β-unsaturated/α-hetero) is 1. The fraction of sp³-hybridized carbons (Fsp3) is 0.308. The van der Waals surface area contributed by atoms with Crippen molar-refractivity contribution >= 4 is 21.7 Å². The number of allylic oxidation sites excluding steroid dienone is 2. The zero-order valence-electron chi connectivity index (χ0n) is 8.91. The third-order valence-electron chi connectivity index (χ3n) is 2.46. The minimum atomic E-state index is 0.0674. The number of ketones is 1. The third-order valence-corrected chi connectivity index (χ3v) is 2.96. The molecular weight excluding hydrogens is 268 g/mol. The lowest BCUT2D eigenvalue weighted by Crippen LogP contribution is -2.13. The minimum Gasteiger partial charge on any atom is -0.490 e. The zero-order valence-corrected chi connectivity index (χ0v) is 10.5. The van der Waals surface area contributed by atoms with Crippen LogP contribution in [0.2, 0.25) is 0 Å². The van der Waals surface area contributed by atoms with Crippen molar-refractivity contribution in [1.82, 2.24) is 0 Å². The molecule has 0 unspecified atom stereocenters. The second kappa shape index (κ2) is 5.30. The van der Waals surface area contributed by atoms with E-state index < -0.39 is 0 Å². The Balaban J connectivity index is 2.04. The molecule has 0 saturated carbocycles. The van der Waals surface area contributed by atoms with Crippen LogP contribution in [0.3, 0.4) is 0 Å². The van der Waals surface area contributed by atoms with E-state index in [4.69, 9.17) is 4.74 Å². The molecule has 3 heteroatoms. The van der Waals surface area contributed by atoms with E-state index in [1.165, 1.54) is 0 Å². The Morgan fingerprint density at radius 3 is 3.00 bits per heavy atom. The summed E-state index contributed by atoms with van der Waals surface area (Å²) >= 11 is 3.39. The van der Waals surface area contributed by atoms with Crippen molar-refractivity contribution in [2.45, 2.75) is 19.3 Å². The highest BCUT2D eigenvalue weighted by atomic mass is 79.9. The van der Waals surface area contributed by atoms with Crippen LogP contribution in [0.25, 0.3) is 0 Å². The first kappa shape index (κ1) is 11.4. The molecule has 0 aromatic heterocycles. The Labute approximate surface area is 103 Å². The molecule has 1 aromatic carbocycles. The van der Waals surface area contributed by atoms with Crippen molar-refractivity contribution in [1.29, 1.82) is 0 Å². The fourth-order valence-corrected chi connectivity index (χ4v) is 2.12. The minimum absolute atomic E-state index is 0.0674. The molecule has 0 saturated heterocycles. The molecule has 0 bridgehead atoms. The lowest BCUT2D eigenvalue weighted by Gasteiger charge is -2.13. The highest BCUT2D eigenvalue weighted by Crippen LogP contribution is 2.16. The molecule has 0 aliphatic carbocycles. The van der Waals surface area contributed by atoms with Gasteiger partial charge in [0.15, 0.2) is 5.76 Å². The summed E-state index contributed by atoms with van der Waals surface area (Å²) in [6.07, 6.45) is 4.25. The molecule has 0 spiro atoms. The van der Waals surface area contributed by atoms with E-state index in [1.54, 1.807) is 0 Å². The van der Waals surface area contributed by atoms with Gasteiger partial charge >= 0.3 is 0 Å². The van der Waals surface area contributed by atoms with Crippen LogP contribution in [0.1, 0.15) is 18.4 Å². The van der Waals surface area contributed by atoms with Crippen molar-refractivity contribution in [2.24, 2.45) is 0 Å². The molecule has 1 heterocycles. The molecule has 1 aliphatic rings. The summed E-state index contributed by atoms with van der Waals surface area (Å²) in [5.41, 5.74) is 1.01. The van der Waals surface area contributed by atoms with Gasteiger partial charge in [0.1, 0.15) is 0 Å². The molecule has 16 heavy (non-hydrogen) atoms. The summed E-state index contributed by atoms with van der Waals surface area (Å²) in [5.74, 6) is 0.601. The number of halogens is 1. The lowest BCUT2D eigenvalue weighted by atomic mass is 10.1. The maximum atomic E-state index is 11.9. The van der Waals surface area contributed by atoms with Gasteiger partial charge in [0.2, 0.25) is 5.78 Å². The standard InChI is InChI=1S/C13H13BrO2/c14-11-5-3-4-10(8-11)9-12(15)13-6-1-2-7-16-13/h3-6,8H,1-2,7,9H2. The van der Waals surface area contributed by atoms with Crippen molar-refractivity contribution in [3.8, 4) is 0 Å². The molecule has 0 radical (unpaired) electrons. The molecule has 0 N–H and O–H groups in total. The first-order valence-electron chi connectivity index (χ1n) is 5.36. The van der Waals surface area contributed by atoms with Gasteiger partial charge in [-0.2, -0.15) is 0 Å². The van der Waals surface area contributed by atoms with E-state index in [0.29, 0.717) is 18.8 Å². The van der Waals surface area contributed by atoms with Crippen molar-refractivity contribution in [2.75, 3.05) is 6.61 Å². The number of hydrogen-bond acceptors (Lipinski definition) is 2. The Morgan fingerprint density at radius 1 is 1.44 bits per heavy atom. The highest BCUT2D eigenvalue weighted by Gasteiger charge is 2.14. The molecule has 2 nitrogen and oxygen atoms in total. The van der Waals surface area contributed by atoms with Gasteiger partial charge in [0.05, 0.1) is 6.61 Å². The first-order chi connectivity index (χ1) is 7.75. The topological polar surface area (TPSA) is 26.3 Å². The van der Waals surface area contributed by atoms with E-state index in [2.05, 4.69) is 15.9 Å². The van der Waals surface area contributed by atoms with Crippen LogP contribution in [-0.2, 0) is 16.0 Å². The van der Waals surface area contributed by atoms with Crippen LogP contribution in [0.4, 0.5) is 0 Å². The largest absolute Gasteiger partial charge is 0.490 e. The number of hydrogen-bond donors (Lipinski definition) is 0. The second-order valence-electron chi connectivity index (χ2n) is 3.79. The van der Waals surface area contributed by atoms with Crippen LogP contribution in [0.5, 0.6) is 0 Å². The monoisotopic (exact) mass is 280 g/mol. The summed E-state index contributed by atoms with van der Waals surface area (Å²) in [4.78, 5) is 11.9. The van der Waals surface area contributed by atoms with Gasteiger partial charge in [-0.15, -0.1) is 0 Å². The molecule has 2 rings (SSSR count). The number of carbonyl (C=O) groups excluding carboxylic acids is 1. The highest BCUT2D eigenvalue weighted by molar-refractivity contribution is 9.10. The average Bonchev–Trinajstić information content (AvgIpc) is 2.30. The quantitative estimate of drug-likeness (QED) is 0.850. The summed E-state index contributed by atoms with van der Waals surface area (Å²) in [7, 11) is 0. The van der Waals surface area contributed by atoms with Gasteiger partial charge in [0, 0.05) is 10.9 Å². The van der Waals surface area contributed by atoms with Gasteiger partial charge in [-0.3, -0.25) is 4.79 Å². The average molecular weight is 281 g/mol. The molecule has 0 amide bonds. The van der Waals surface area contributed by atoms with Crippen molar-refractivity contribution in [3.05, 3.63) is 46.1 Å². The fourth-order valence-electron chi connectivity index (χ4n) is 1.67.